The van der Waals surface area contributed by atoms with Gasteiger partial charge in [-0.15, -0.1) is 11.3 Å². The lowest BCUT2D eigenvalue weighted by Crippen LogP contribution is -2.29. The molecule has 37 heavy (non-hydrogen) atoms. The van der Waals surface area contributed by atoms with Gasteiger partial charge in [0.2, 0.25) is 0 Å². The number of sulfonamides is 1. The van der Waals surface area contributed by atoms with Crippen LogP contribution >= 0.6 is 22.9 Å². The fourth-order valence-electron chi connectivity index (χ4n) is 4.04. The van der Waals surface area contributed by atoms with Crippen molar-refractivity contribution in [3.8, 4) is 0 Å². The molecule has 1 atom stereocenters. The molecular weight excluding hydrogens is 534 g/mol. The number of ketones is 1. The third kappa shape index (κ3) is 4.74. The molecule has 5 rings (SSSR count). The summed E-state index contributed by atoms with van der Waals surface area (Å²) in [5, 5.41) is 13.4. The van der Waals surface area contributed by atoms with Gasteiger partial charge in [-0.1, -0.05) is 54.1 Å². The van der Waals surface area contributed by atoms with Crippen molar-refractivity contribution in [1.82, 2.24) is 4.98 Å². The van der Waals surface area contributed by atoms with E-state index in [-0.39, 0.29) is 27.0 Å². The molecule has 8 nitrogen and oxygen atoms in total. The van der Waals surface area contributed by atoms with Crippen molar-refractivity contribution < 1.29 is 23.1 Å². The third-order valence-electron chi connectivity index (χ3n) is 5.76. The number of aliphatic hydroxyl groups is 1. The molecule has 0 radical (unpaired) electrons. The molecule has 1 aliphatic heterocycles. The van der Waals surface area contributed by atoms with Crippen molar-refractivity contribution >= 4 is 61.2 Å². The number of thiazole rings is 1. The van der Waals surface area contributed by atoms with Crippen LogP contribution in [-0.4, -0.2) is 30.2 Å². The van der Waals surface area contributed by atoms with Crippen LogP contribution in [0.5, 0.6) is 0 Å². The first-order valence-corrected chi connectivity index (χ1v) is 13.6. The van der Waals surface area contributed by atoms with E-state index >= 15 is 0 Å². The number of anilines is 2. The SMILES string of the molecule is O=C1C(=O)N(c2ccc(S(=O)(=O)Nc3nccs3)cc2)C(c2ccc(Cl)cc2)/C1=C(\O)c1ccccc1. The van der Waals surface area contributed by atoms with E-state index in [0.717, 1.165) is 11.3 Å². The largest absolute Gasteiger partial charge is 0.507 e. The van der Waals surface area contributed by atoms with E-state index in [4.69, 9.17) is 11.6 Å². The molecule has 4 aromatic rings. The maximum absolute atomic E-state index is 13.3. The van der Waals surface area contributed by atoms with Crippen molar-refractivity contribution in [3.05, 3.63) is 112 Å². The third-order valence-corrected chi connectivity index (χ3v) is 8.18. The molecule has 186 valence electrons. The Kier molecular flexibility index (Phi) is 6.55. The molecule has 1 amide bonds. The summed E-state index contributed by atoms with van der Waals surface area (Å²) in [4.78, 5) is 31.6. The molecule has 3 aromatic carbocycles. The summed E-state index contributed by atoms with van der Waals surface area (Å²) in [5.41, 5.74) is 1.13. The van der Waals surface area contributed by atoms with E-state index in [1.54, 1.807) is 60.0 Å². The molecule has 0 bridgehead atoms. The number of aromatic nitrogens is 1. The van der Waals surface area contributed by atoms with Crippen LogP contribution in [-0.2, 0) is 19.6 Å². The second kappa shape index (κ2) is 9.81. The molecule has 2 heterocycles. The van der Waals surface area contributed by atoms with Crippen molar-refractivity contribution in [3.63, 3.8) is 0 Å². The average Bonchev–Trinajstić information content (AvgIpc) is 3.50. The Bertz CT molecular complexity index is 1600. The molecule has 1 aliphatic rings. The van der Waals surface area contributed by atoms with Crippen molar-refractivity contribution in [1.29, 1.82) is 0 Å². The Balaban J connectivity index is 1.59. The van der Waals surface area contributed by atoms with Gasteiger partial charge in [-0.3, -0.25) is 19.2 Å². The predicted molar refractivity (Wildman–Crippen MR) is 142 cm³/mol. The van der Waals surface area contributed by atoms with Crippen LogP contribution in [0.4, 0.5) is 10.8 Å². The molecule has 1 unspecified atom stereocenters. The highest BCUT2D eigenvalue weighted by atomic mass is 35.5. The van der Waals surface area contributed by atoms with Gasteiger partial charge in [-0.05, 0) is 42.0 Å². The number of carbonyl (C=O) groups excluding carboxylic acids is 2. The quantitative estimate of drug-likeness (QED) is 0.193. The number of nitrogens with one attached hydrogen (secondary N) is 1. The van der Waals surface area contributed by atoms with Gasteiger partial charge in [-0.25, -0.2) is 13.4 Å². The normalized spacial score (nSPS) is 17.2. The van der Waals surface area contributed by atoms with Crippen molar-refractivity contribution in [2.45, 2.75) is 10.9 Å². The van der Waals surface area contributed by atoms with Crippen molar-refractivity contribution in [2.75, 3.05) is 9.62 Å². The Morgan fingerprint density at radius 2 is 1.65 bits per heavy atom. The number of benzene rings is 3. The van der Waals surface area contributed by atoms with Gasteiger partial charge >= 0.3 is 0 Å². The molecule has 1 saturated heterocycles. The van der Waals surface area contributed by atoms with Crippen LogP contribution in [0.2, 0.25) is 5.02 Å². The van der Waals surface area contributed by atoms with Gasteiger partial charge < -0.3 is 5.11 Å². The Morgan fingerprint density at radius 1 is 0.973 bits per heavy atom. The number of hydrogen-bond acceptors (Lipinski definition) is 7. The van der Waals surface area contributed by atoms with Gasteiger partial charge in [0.05, 0.1) is 16.5 Å². The Morgan fingerprint density at radius 3 is 2.27 bits per heavy atom. The lowest BCUT2D eigenvalue weighted by Gasteiger charge is -2.25. The summed E-state index contributed by atoms with van der Waals surface area (Å²) in [6.07, 6.45) is 1.48. The highest BCUT2D eigenvalue weighted by molar-refractivity contribution is 7.93. The number of hydrogen-bond donors (Lipinski definition) is 2. The molecule has 0 saturated carbocycles. The maximum atomic E-state index is 13.3. The molecule has 1 fully saturated rings. The van der Waals surface area contributed by atoms with E-state index in [0.29, 0.717) is 16.1 Å². The number of nitrogens with zero attached hydrogens (tertiary/aromatic N) is 2. The van der Waals surface area contributed by atoms with Gasteiger partial charge in [0, 0.05) is 27.9 Å². The summed E-state index contributed by atoms with van der Waals surface area (Å²) in [5.74, 6) is -2.02. The average molecular weight is 552 g/mol. The standard InChI is InChI=1S/C26H18ClN3O5S2/c27-18-8-6-16(7-9-18)22-21(23(31)17-4-2-1-3-5-17)24(32)25(33)30(22)19-10-12-20(13-11-19)37(34,35)29-26-28-14-15-36-26/h1-15,22,31H,(H,28,29)/b23-21+. The lowest BCUT2D eigenvalue weighted by atomic mass is 9.95. The minimum Gasteiger partial charge on any atom is -0.507 e. The first kappa shape index (κ1) is 24.7. The fraction of sp³-hybridized carbons (Fsp3) is 0.0385. The van der Waals surface area contributed by atoms with E-state index in [9.17, 15) is 23.1 Å². The Labute approximate surface area is 221 Å². The summed E-state index contributed by atoms with van der Waals surface area (Å²) < 4.78 is 27.9. The number of rotatable bonds is 6. The first-order chi connectivity index (χ1) is 17.8. The zero-order valence-electron chi connectivity index (χ0n) is 18.9. The minimum atomic E-state index is -3.91. The molecule has 0 aliphatic carbocycles. The zero-order valence-corrected chi connectivity index (χ0v) is 21.3. The second-order valence-electron chi connectivity index (χ2n) is 8.02. The van der Waals surface area contributed by atoms with E-state index < -0.39 is 27.8 Å². The number of halogens is 1. The van der Waals surface area contributed by atoms with E-state index in [1.165, 1.54) is 35.4 Å². The fourth-order valence-corrected chi connectivity index (χ4v) is 5.96. The summed E-state index contributed by atoms with van der Waals surface area (Å²) >= 11 is 7.20. The summed E-state index contributed by atoms with van der Waals surface area (Å²) in [6.45, 7) is 0. The summed E-state index contributed by atoms with van der Waals surface area (Å²) in [6, 6.07) is 19.6. The second-order valence-corrected chi connectivity index (χ2v) is 11.0. The number of Topliss-reactive ketones (excluding diaryl/α,β-unsaturated/α-hetero) is 1. The predicted octanol–water partition coefficient (Wildman–Crippen LogP) is 5.22. The van der Waals surface area contributed by atoms with Crippen LogP contribution in [0, 0.1) is 0 Å². The highest BCUT2D eigenvalue weighted by Crippen LogP contribution is 2.42. The zero-order chi connectivity index (χ0) is 26.2. The van der Waals surface area contributed by atoms with Gasteiger partial charge in [0.25, 0.3) is 21.7 Å². The number of carbonyl (C=O) groups is 2. The van der Waals surface area contributed by atoms with Crippen LogP contribution in [0.1, 0.15) is 17.2 Å². The van der Waals surface area contributed by atoms with Gasteiger partial charge in [-0.2, -0.15) is 0 Å². The molecule has 1 aromatic heterocycles. The van der Waals surface area contributed by atoms with Crippen LogP contribution in [0.3, 0.4) is 0 Å². The highest BCUT2D eigenvalue weighted by Gasteiger charge is 2.47. The summed E-state index contributed by atoms with van der Waals surface area (Å²) in [7, 11) is -3.91. The molecule has 2 N–H and O–H groups in total. The molecule has 11 heteroatoms. The van der Waals surface area contributed by atoms with Crippen LogP contribution in [0.25, 0.3) is 5.76 Å². The smallest absolute Gasteiger partial charge is 0.300 e. The lowest BCUT2D eigenvalue weighted by molar-refractivity contribution is -0.132. The topological polar surface area (TPSA) is 117 Å². The molecular formula is C26H18ClN3O5S2. The minimum absolute atomic E-state index is 0.0460. The molecule has 0 spiro atoms. The maximum Gasteiger partial charge on any atom is 0.300 e. The first-order valence-electron chi connectivity index (χ1n) is 10.9. The van der Waals surface area contributed by atoms with Crippen LogP contribution in [0.15, 0.2) is 101 Å². The Hall–Kier alpha value is -3.99. The van der Waals surface area contributed by atoms with E-state index in [2.05, 4.69) is 9.71 Å². The monoisotopic (exact) mass is 551 g/mol. The number of aliphatic hydroxyl groups excluding tert-OH is 1. The van der Waals surface area contributed by atoms with Gasteiger partial charge in [0.15, 0.2) is 5.13 Å². The number of amides is 1. The van der Waals surface area contributed by atoms with Gasteiger partial charge in [0.1, 0.15) is 5.76 Å². The van der Waals surface area contributed by atoms with Crippen LogP contribution < -0.4 is 9.62 Å². The van der Waals surface area contributed by atoms with E-state index in [1.807, 2.05) is 0 Å². The van der Waals surface area contributed by atoms with Crippen molar-refractivity contribution in [2.24, 2.45) is 0 Å².